The van der Waals surface area contributed by atoms with Crippen LogP contribution in [0.25, 0.3) is 11.3 Å². The minimum atomic E-state index is -0.461. The first-order chi connectivity index (χ1) is 9.56. The molecule has 2 rings (SSSR count). The summed E-state index contributed by atoms with van der Waals surface area (Å²) in [6, 6.07) is 5.04. The Morgan fingerprint density at radius 1 is 1.40 bits per heavy atom. The number of aromatic nitrogens is 1. The largest absolute Gasteiger partial charge is 0.360 e. The van der Waals surface area contributed by atoms with E-state index >= 15 is 0 Å². The molecule has 0 fully saturated rings. The van der Waals surface area contributed by atoms with E-state index in [4.69, 9.17) is 32.6 Å². The normalized spacial score (nSPS) is 10.6. The van der Waals surface area contributed by atoms with E-state index in [9.17, 15) is 4.79 Å². The summed E-state index contributed by atoms with van der Waals surface area (Å²) in [4.78, 5) is 17.0. The van der Waals surface area contributed by atoms with Crippen LogP contribution in [0.4, 0.5) is 0 Å². The number of carbonyl (C=O) groups is 1. The van der Waals surface area contributed by atoms with Crippen LogP contribution in [-0.2, 0) is 4.84 Å². The van der Waals surface area contributed by atoms with Gasteiger partial charge in [-0.15, -0.1) is 0 Å². The first kappa shape index (κ1) is 14.8. The molecular weight excluding hydrogens is 303 g/mol. The maximum Gasteiger partial charge on any atom is 0.280 e. The fourth-order valence-electron chi connectivity index (χ4n) is 1.72. The zero-order chi connectivity index (χ0) is 14.7. The monoisotopic (exact) mass is 314 g/mol. The van der Waals surface area contributed by atoms with Crippen molar-refractivity contribution in [2.24, 2.45) is 0 Å². The quantitative estimate of drug-likeness (QED) is 0.875. The average Bonchev–Trinajstić information content (AvgIpc) is 2.78. The Kier molecular flexibility index (Phi) is 4.65. The lowest BCUT2D eigenvalue weighted by Crippen LogP contribution is -2.24. The van der Waals surface area contributed by atoms with Crippen LogP contribution in [0.3, 0.4) is 0 Å². The average molecular weight is 315 g/mol. The molecular formula is C13H12Cl2N2O3. The molecule has 0 aliphatic carbocycles. The zero-order valence-electron chi connectivity index (χ0n) is 10.9. The van der Waals surface area contributed by atoms with Gasteiger partial charge in [0.25, 0.3) is 5.91 Å². The van der Waals surface area contributed by atoms with Gasteiger partial charge < -0.3 is 4.52 Å². The number of hydroxylamine groups is 1. The van der Waals surface area contributed by atoms with Gasteiger partial charge in [-0.05, 0) is 26.0 Å². The third-order valence-electron chi connectivity index (χ3n) is 2.60. The van der Waals surface area contributed by atoms with Crippen molar-refractivity contribution in [1.82, 2.24) is 10.6 Å². The van der Waals surface area contributed by atoms with Crippen molar-refractivity contribution in [3.8, 4) is 11.3 Å². The van der Waals surface area contributed by atoms with E-state index < -0.39 is 5.91 Å². The zero-order valence-corrected chi connectivity index (χ0v) is 12.4. The standard InChI is InChI=1S/C13H12Cl2N2O3/c1-3-19-17-13(18)10-7(2)20-16-12(10)11-8(14)5-4-6-9(11)15/h4-6H,3H2,1-2H3,(H,17,18). The summed E-state index contributed by atoms with van der Waals surface area (Å²) in [7, 11) is 0. The molecule has 2 aromatic rings. The van der Waals surface area contributed by atoms with Gasteiger partial charge in [-0.1, -0.05) is 34.4 Å². The molecule has 0 bridgehead atoms. The molecule has 1 N–H and O–H groups in total. The first-order valence-electron chi connectivity index (χ1n) is 5.89. The van der Waals surface area contributed by atoms with Crippen LogP contribution < -0.4 is 5.48 Å². The van der Waals surface area contributed by atoms with Gasteiger partial charge in [-0.3, -0.25) is 9.63 Å². The number of hydrogen-bond acceptors (Lipinski definition) is 4. The molecule has 1 aromatic heterocycles. The lowest BCUT2D eigenvalue weighted by Gasteiger charge is -2.07. The van der Waals surface area contributed by atoms with Gasteiger partial charge in [0.15, 0.2) is 0 Å². The topological polar surface area (TPSA) is 64.4 Å². The third kappa shape index (κ3) is 2.80. The van der Waals surface area contributed by atoms with Crippen LogP contribution in [0.5, 0.6) is 0 Å². The molecule has 0 atom stereocenters. The Balaban J connectivity index is 2.51. The number of nitrogens with zero attached hydrogens (tertiary/aromatic N) is 1. The highest BCUT2D eigenvalue weighted by atomic mass is 35.5. The summed E-state index contributed by atoms with van der Waals surface area (Å²) >= 11 is 12.3. The molecule has 1 amide bonds. The summed E-state index contributed by atoms with van der Waals surface area (Å²) in [6.07, 6.45) is 0. The molecule has 7 heteroatoms. The third-order valence-corrected chi connectivity index (χ3v) is 3.23. The van der Waals surface area contributed by atoms with Crippen molar-refractivity contribution in [1.29, 1.82) is 0 Å². The fourth-order valence-corrected chi connectivity index (χ4v) is 2.30. The molecule has 1 aromatic carbocycles. The predicted molar refractivity (Wildman–Crippen MR) is 75.8 cm³/mol. The smallest absolute Gasteiger partial charge is 0.280 e. The van der Waals surface area contributed by atoms with E-state index in [2.05, 4.69) is 10.6 Å². The van der Waals surface area contributed by atoms with E-state index in [0.717, 1.165) is 0 Å². The van der Waals surface area contributed by atoms with Crippen molar-refractivity contribution < 1.29 is 14.2 Å². The van der Waals surface area contributed by atoms with Crippen LogP contribution in [0, 0.1) is 6.92 Å². The van der Waals surface area contributed by atoms with E-state index in [1.54, 1.807) is 32.0 Å². The lowest BCUT2D eigenvalue weighted by molar-refractivity contribution is 0.0363. The molecule has 0 spiro atoms. The summed E-state index contributed by atoms with van der Waals surface area (Å²) < 4.78 is 5.08. The second-order valence-corrected chi connectivity index (χ2v) is 4.74. The summed E-state index contributed by atoms with van der Waals surface area (Å²) in [5.74, 6) is -0.107. The number of carbonyl (C=O) groups excluding carboxylic acids is 1. The highest BCUT2D eigenvalue weighted by molar-refractivity contribution is 6.39. The molecule has 0 unspecified atom stereocenters. The maximum absolute atomic E-state index is 12.1. The number of aryl methyl sites for hydroxylation is 1. The number of rotatable bonds is 4. The fraction of sp³-hybridized carbons (Fsp3) is 0.231. The van der Waals surface area contributed by atoms with Crippen molar-refractivity contribution in [3.05, 3.63) is 39.6 Å². The molecule has 20 heavy (non-hydrogen) atoms. The number of halogens is 2. The van der Waals surface area contributed by atoms with Crippen LogP contribution >= 0.6 is 23.2 Å². The molecule has 5 nitrogen and oxygen atoms in total. The minimum absolute atomic E-state index is 0.244. The number of hydrogen-bond donors (Lipinski definition) is 1. The van der Waals surface area contributed by atoms with Gasteiger partial charge >= 0.3 is 0 Å². The van der Waals surface area contributed by atoms with Gasteiger partial charge in [-0.2, -0.15) is 0 Å². The SMILES string of the molecule is CCONC(=O)c1c(-c2c(Cl)cccc2Cl)noc1C. The van der Waals surface area contributed by atoms with Gasteiger partial charge in [0.2, 0.25) is 0 Å². The van der Waals surface area contributed by atoms with E-state index in [1.165, 1.54) is 0 Å². The predicted octanol–water partition coefficient (Wildman–Crippen LogP) is 3.64. The van der Waals surface area contributed by atoms with Gasteiger partial charge in [0, 0.05) is 5.56 Å². The molecule has 0 saturated carbocycles. The van der Waals surface area contributed by atoms with Gasteiger partial charge in [0.1, 0.15) is 17.0 Å². The Labute approximate surface area is 125 Å². The number of amides is 1. The molecule has 0 radical (unpaired) electrons. The molecule has 0 saturated heterocycles. The maximum atomic E-state index is 12.1. The number of benzene rings is 1. The molecule has 0 aliphatic rings. The van der Waals surface area contributed by atoms with Crippen LogP contribution in [0.1, 0.15) is 23.0 Å². The summed E-state index contributed by atoms with van der Waals surface area (Å²) in [5.41, 5.74) is 3.28. The van der Waals surface area contributed by atoms with E-state index in [-0.39, 0.29) is 11.3 Å². The molecule has 1 heterocycles. The van der Waals surface area contributed by atoms with E-state index in [1.807, 2.05) is 0 Å². The Hall–Kier alpha value is -1.56. The lowest BCUT2D eigenvalue weighted by atomic mass is 10.1. The van der Waals surface area contributed by atoms with Crippen LogP contribution in [-0.4, -0.2) is 17.7 Å². The van der Waals surface area contributed by atoms with Crippen molar-refractivity contribution in [2.45, 2.75) is 13.8 Å². The summed E-state index contributed by atoms with van der Waals surface area (Å²) in [6.45, 7) is 3.73. The second kappa shape index (κ2) is 6.26. The highest BCUT2D eigenvalue weighted by Gasteiger charge is 2.24. The minimum Gasteiger partial charge on any atom is -0.360 e. The van der Waals surface area contributed by atoms with Crippen molar-refractivity contribution >= 4 is 29.1 Å². The molecule has 0 aliphatic heterocycles. The second-order valence-electron chi connectivity index (χ2n) is 3.92. The van der Waals surface area contributed by atoms with Crippen molar-refractivity contribution in [3.63, 3.8) is 0 Å². The Bertz CT molecular complexity index is 620. The number of nitrogens with one attached hydrogen (secondary N) is 1. The van der Waals surface area contributed by atoms with Crippen molar-refractivity contribution in [2.75, 3.05) is 6.61 Å². The Morgan fingerprint density at radius 2 is 2.05 bits per heavy atom. The first-order valence-corrected chi connectivity index (χ1v) is 6.64. The van der Waals surface area contributed by atoms with Gasteiger partial charge in [-0.25, -0.2) is 5.48 Å². The van der Waals surface area contributed by atoms with Gasteiger partial charge in [0.05, 0.1) is 16.7 Å². The Morgan fingerprint density at radius 3 is 2.65 bits per heavy atom. The summed E-state index contributed by atoms with van der Waals surface area (Å²) in [5, 5.41) is 4.65. The molecule has 106 valence electrons. The van der Waals surface area contributed by atoms with E-state index in [0.29, 0.717) is 28.0 Å². The van der Waals surface area contributed by atoms with Crippen LogP contribution in [0.15, 0.2) is 22.7 Å². The highest BCUT2D eigenvalue weighted by Crippen LogP contribution is 2.36. The van der Waals surface area contributed by atoms with Crippen LogP contribution in [0.2, 0.25) is 10.0 Å².